The molecule has 0 atom stereocenters. The molecule has 0 heterocycles. The zero-order valence-corrected chi connectivity index (χ0v) is 18.0. The van der Waals surface area contributed by atoms with E-state index < -0.39 is 20.0 Å². The van der Waals surface area contributed by atoms with E-state index in [9.17, 15) is 16.8 Å². The van der Waals surface area contributed by atoms with Crippen molar-refractivity contribution in [2.24, 2.45) is 0 Å². The first kappa shape index (κ1) is 20.4. The Morgan fingerprint density at radius 1 is 0.679 bits per heavy atom. The summed E-state index contributed by atoms with van der Waals surface area (Å²) in [6.07, 6.45) is 0. The number of rotatable bonds is 6. The summed E-state index contributed by atoms with van der Waals surface area (Å²) < 4.78 is 55.7. The van der Waals surface area contributed by atoms with Crippen LogP contribution in [0, 0.1) is 6.92 Å². The summed E-state index contributed by atoms with van der Waals surface area (Å²) in [4.78, 5) is 0.148. The molecular formula is C19H17BrN2O4S2. The third-order valence-corrected chi connectivity index (χ3v) is 7.55. The third-order valence-electron chi connectivity index (χ3n) is 3.88. The Balaban J connectivity index is 1.79. The number of nitrogens with one attached hydrogen (secondary N) is 2. The predicted octanol–water partition coefficient (Wildman–Crippen LogP) is 4.36. The third kappa shape index (κ3) is 4.73. The van der Waals surface area contributed by atoms with Crippen LogP contribution in [-0.2, 0) is 20.0 Å². The first-order chi connectivity index (χ1) is 13.2. The Hall–Kier alpha value is -2.36. The fourth-order valence-electron chi connectivity index (χ4n) is 2.42. The molecule has 0 radical (unpaired) electrons. The fraction of sp³-hybridized carbons (Fsp3) is 0.0526. The molecule has 0 aliphatic rings. The fourth-order valence-corrected chi connectivity index (χ4v) is 4.87. The maximum atomic E-state index is 12.5. The summed E-state index contributed by atoms with van der Waals surface area (Å²) in [6.45, 7) is 1.79. The lowest BCUT2D eigenvalue weighted by atomic mass is 10.2. The maximum Gasteiger partial charge on any atom is 0.261 e. The average Bonchev–Trinajstić information content (AvgIpc) is 2.64. The SMILES string of the molecule is Cc1cc(S(=O)(=O)Nc2ccc(S(=O)(=O)Nc3ccccc3)cc2)ccc1Br. The van der Waals surface area contributed by atoms with Crippen molar-refractivity contribution in [2.75, 3.05) is 9.44 Å². The number of halogens is 1. The maximum absolute atomic E-state index is 12.5. The van der Waals surface area contributed by atoms with Gasteiger partial charge in [-0.1, -0.05) is 34.1 Å². The van der Waals surface area contributed by atoms with Gasteiger partial charge in [-0.15, -0.1) is 0 Å². The highest BCUT2D eigenvalue weighted by Crippen LogP contribution is 2.23. The number of hydrogen-bond acceptors (Lipinski definition) is 4. The van der Waals surface area contributed by atoms with E-state index in [4.69, 9.17) is 0 Å². The Morgan fingerprint density at radius 2 is 1.18 bits per heavy atom. The number of benzene rings is 3. The van der Waals surface area contributed by atoms with Crippen molar-refractivity contribution in [1.82, 2.24) is 0 Å². The second kappa shape index (κ2) is 7.94. The van der Waals surface area contributed by atoms with Gasteiger partial charge in [-0.05, 0) is 67.1 Å². The second-order valence-corrected chi connectivity index (χ2v) is 10.2. The van der Waals surface area contributed by atoms with E-state index in [-0.39, 0.29) is 15.5 Å². The summed E-state index contributed by atoms with van der Waals surface area (Å²) in [6, 6.07) is 18.7. The predicted molar refractivity (Wildman–Crippen MR) is 113 cm³/mol. The van der Waals surface area contributed by atoms with Crippen molar-refractivity contribution in [2.45, 2.75) is 16.7 Å². The zero-order valence-electron chi connectivity index (χ0n) is 14.8. The van der Waals surface area contributed by atoms with Crippen LogP contribution >= 0.6 is 15.9 Å². The molecule has 0 aromatic heterocycles. The molecule has 28 heavy (non-hydrogen) atoms. The molecule has 6 nitrogen and oxygen atoms in total. The van der Waals surface area contributed by atoms with Gasteiger partial charge in [0.2, 0.25) is 0 Å². The molecule has 0 amide bonds. The van der Waals surface area contributed by atoms with Crippen LogP contribution in [0.15, 0.2) is 87.1 Å². The van der Waals surface area contributed by atoms with Gasteiger partial charge in [0.15, 0.2) is 0 Å². The Kier molecular flexibility index (Phi) is 5.78. The van der Waals surface area contributed by atoms with Crippen molar-refractivity contribution in [3.8, 4) is 0 Å². The van der Waals surface area contributed by atoms with Gasteiger partial charge >= 0.3 is 0 Å². The number of anilines is 2. The Bertz CT molecular complexity index is 1190. The van der Waals surface area contributed by atoms with Crippen molar-refractivity contribution in [3.63, 3.8) is 0 Å². The highest BCUT2D eigenvalue weighted by molar-refractivity contribution is 9.10. The quantitative estimate of drug-likeness (QED) is 0.547. The molecule has 0 fully saturated rings. The van der Waals surface area contributed by atoms with Crippen LogP contribution in [0.4, 0.5) is 11.4 Å². The van der Waals surface area contributed by atoms with Crippen LogP contribution in [0.3, 0.4) is 0 Å². The summed E-state index contributed by atoms with van der Waals surface area (Å²) in [7, 11) is -7.55. The molecule has 0 bridgehead atoms. The first-order valence-corrected chi connectivity index (χ1v) is 11.9. The molecule has 0 unspecified atom stereocenters. The van der Waals surface area contributed by atoms with Gasteiger partial charge in [-0.25, -0.2) is 16.8 Å². The molecule has 9 heteroatoms. The van der Waals surface area contributed by atoms with E-state index in [2.05, 4.69) is 25.4 Å². The van der Waals surface area contributed by atoms with Crippen LogP contribution < -0.4 is 9.44 Å². The largest absolute Gasteiger partial charge is 0.280 e. The minimum atomic E-state index is -3.79. The minimum Gasteiger partial charge on any atom is -0.280 e. The molecule has 0 saturated heterocycles. The molecule has 0 aliphatic carbocycles. The summed E-state index contributed by atoms with van der Waals surface area (Å²) in [5, 5.41) is 0. The summed E-state index contributed by atoms with van der Waals surface area (Å²) >= 11 is 3.34. The van der Waals surface area contributed by atoms with Crippen LogP contribution in [0.1, 0.15) is 5.56 Å². The van der Waals surface area contributed by atoms with Crippen molar-refractivity contribution >= 4 is 47.4 Å². The lowest BCUT2D eigenvalue weighted by Gasteiger charge is -2.11. The standard InChI is InChI=1S/C19H17BrN2O4S2/c1-14-13-18(11-12-19(14)20)28(25,26)22-16-7-9-17(10-8-16)27(23,24)21-15-5-3-2-4-6-15/h2-13,21-22H,1H3. The molecule has 0 spiro atoms. The lowest BCUT2D eigenvalue weighted by molar-refractivity contribution is 0.600. The van der Waals surface area contributed by atoms with Crippen LogP contribution in [0.25, 0.3) is 0 Å². The molecule has 2 N–H and O–H groups in total. The number of hydrogen-bond donors (Lipinski definition) is 2. The van der Waals surface area contributed by atoms with Crippen molar-refractivity contribution < 1.29 is 16.8 Å². The monoisotopic (exact) mass is 480 g/mol. The molecule has 3 rings (SSSR count). The van der Waals surface area contributed by atoms with E-state index in [0.29, 0.717) is 5.69 Å². The highest BCUT2D eigenvalue weighted by atomic mass is 79.9. The molecule has 0 aliphatic heterocycles. The van der Waals surface area contributed by atoms with E-state index in [1.54, 1.807) is 49.4 Å². The van der Waals surface area contributed by atoms with Crippen molar-refractivity contribution in [3.05, 3.63) is 82.8 Å². The Morgan fingerprint density at radius 3 is 1.75 bits per heavy atom. The van der Waals surface area contributed by atoms with Gasteiger partial charge in [0, 0.05) is 15.8 Å². The van der Waals surface area contributed by atoms with Crippen LogP contribution in [0.2, 0.25) is 0 Å². The number of aryl methyl sites for hydroxylation is 1. The average molecular weight is 481 g/mol. The number of para-hydroxylation sites is 1. The smallest absolute Gasteiger partial charge is 0.261 e. The molecule has 0 saturated carbocycles. The van der Waals surface area contributed by atoms with Crippen LogP contribution in [-0.4, -0.2) is 16.8 Å². The molecule has 146 valence electrons. The van der Waals surface area contributed by atoms with Gasteiger partial charge in [-0.3, -0.25) is 9.44 Å². The van der Waals surface area contributed by atoms with Gasteiger partial charge in [0.1, 0.15) is 0 Å². The van der Waals surface area contributed by atoms with Gasteiger partial charge in [-0.2, -0.15) is 0 Å². The number of sulfonamides is 2. The lowest BCUT2D eigenvalue weighted by Crippen LogP contribution is -2.14. The first-order valence-electron chi connectivity index (χ1n) is 8.14. The van der Waals surface area contributed by atoms with E-state index >= 15 is 0 Å². The Labute approximate surface area is 172 Å². The van der Waals surface area contributed by atoms with Crippen molar-refractivity contribution in [1.29, 1.82) is 0 Å². The van der Waals surface area contributed by atoms with Gasteiger partial charge < -0.3 is 0 Å². The minimum absolute atomic E-state index is 0.0267. The topological polar surface area (TPSA) is 92.3 Å². The summed E-state index contributed by atoms with van der Waals surface area (Å²) in [5.41, 5.74) is 1.49. The normalized spacial score (nSPS) is 11.8. The molecular weight excluding hydrogens is 464 g/mol. The molecule has 3 aromatic rings. The van der Waals surface area contributed by atoms with E-state index in [1.165, 1.54) is 30.3 Å². The van der Waals surface area contributed by atoms with E-state index in [1.807, 2.05) is 0 Å². The van der Waals surface area contributed by atoms with Gasteiger partial charge in [0.05, 0.1) is 9.79 Å². The van der Waals surface area contributed by atoms with Crippen LogP contribution in [0.5, 0.6) is 0 Å². The molecule has 3 aromatic carbocycles. The van der Waals surface area contributed by atoms with Gasteiger partial charge in [0.25, 0.3) is 20.0 Å². The zero-order chi connectivity index (χ0) is 20.4. The second-order valence-electron chi connectivity index (χ2n) is 6.01. The highest BCUT2D eigenvalue weighted by Gasteiger charge is 2.17. The van der Waals surface area contributed by atoms with E-state index in [0.717, 1.165) is 10.0 Å². The summed E-state index contributed by atoms with van der Waals surface area (Å²) in [5.74, 6) is 0.